The summed E-state index contributed by atoms with van der Waals surface area (Å²) in [5, 5.41) is 19.7. The molecule has 0 amide bonds. The molecule has 2 heteroatoms. The molecule has 0 saturated carbocycles. The van der Waals surface area contributed by atoms with Crippen molar-refractivity contribution in [3.63, 3.8) is 0 Å². The molecular weight excluding hydrogens is 284 g/mol. The zero-order chi connectivity index (χ0) is 17.1. The Morgan fingerprint density at radius 1 is 1.09 bits per heavy atom. The van der Waals surface area contributed by atoms with Gasteiger partial charge in [-0.05, 0) is 57.4 Å². The monoisotopic (exact) mass is 318 g/mol. The number of benzene rings is 1. The first-order valence-electron chi connectivity index (χ1n) is 8.98. The van der Waals surface area contributed by atoms with Crippen molar-refractivity contribution in [1.29, 1.82) is 0 Å². The largest absolute Gasteiger partial charge is 0.390 e. The summed E-state index contributed by atoms with van der Waals surface area (Å²) >= 11 is 0. The maximum atomic E-state index is 10.0. The lowest BCUT2D eigenvalue weighted by Gasteiger charge is -2.17. The van der Waals surface area contributed by atoms with Gasteiger partial charge in [-0.3, -0.25) is 0 Å². The molecule has 1 rings (SSSR count). The maximum Gasteiger partial charge on any atom is 0.0721 e. The standard InChI is InChI=1S/C21H34O2/c1-18(11-9-17-21(2,3)23)10-7-15-20(22)16-8-14-19-12-5-4-6-13-19/h4-7,12-13,15,18,20,22-23H,8-11,14,16-17H2,1-3H3/b15-7+/t18-,20?/m0/s1. The number of aliphatic hydroxyl groups excluding tert-OH is 1. The second-order valence-electron chi connectivity index (χ2n) is 7.42. The molecule has 0 saturated heterocycles. The van der Waals surface area contributed by atoms with Gasteiger partial charge in [0.15, 0.2) is 0 Å². The highest BCUT2D eigenvalue weighted by atomic mass is 16.3. The highest BCUT2D eigenvalue weighted by Crippen LogP contribution is 2.18. The second kappa shape index (κ2) is 10.6. The average molecular weight is 319 g/mol. The van der Waals surface area contributed by atoms with Gasteiger partial charge in [-0.15, -0.1) is 0 Å². The number of aliphatic hydroxyl groups is 2. The van der Waals surface area contributed by atoms with Crippen LogP contribution in [-0.4, -0.2) is 21.9 Å². The van der Waals surface area contributed by atoms with Crippen LogP contribution in [0, 0.1) is 5.92 Å². The summed E-state index contributed by atoms with van der Waals surface area (Å²) in [6, 6.07) is 10.4. The van der Waals surface area contributed by atoms with Crippen LogP contribution in [0.15, 0.2) is 42.5 Å². The summed E-state index contributed by atoms with van der Waals surface area (Å²) < 4.78 is 0. The van der Waals surface area contributed by atoms with Gasteiger partial charge in [0, 0.05) is 0 Å². The van der Waals surface area contributed by atoms with Crippen molar-refractivity contribution in [2.24, 2.45) is 5.92 Å². The van der Waals surface area contributed by atoms with Gasteiger partial charge >= 0.3 is 0 Å². The van der Waals surface area contributed by atoms with Crippen molar-refractivity contribution >= 4 is 0 Å². The molecule has 0 aliphatic heterocycles. The summed E-state index contributed by atoms with van der Waals surface area (Å²) in [7, 11) is 0. The molecule has 2 N–H and O–H groups in total. The minimum atomic E-state index is -0.551. The van der Waals surface area contributed by atoms with Crippen molar-refractivity contribution < 1.29 is 10.2 Å². The van der Waals surface area contributed by atoms with Gasteiger partial charge in [-0.1, -0.05) is 62.2 Å². The lowest BCUT2D eigenvalue weighted by atomic mass is 9.95. The van der Waals surface area contributed by atoms with Crippen LogP contribution < -0.4 is 0 Å². The van der Waals surface area contributed by atoms with Crippen LogP contribution in [-0.2, 0) is 6.42 Å². The minimum Gasteiger partial charge on any atom is -0.390 e. The van der Waals surface area contributed by atoms with Gasteiger partial charge in [-0.2, -0.15) is 0 Å². The Labute approximate surface area is 142 Å². The molecule has 23 heavy (non-hydrogen) atoms. The van der Waals surface area contributed by atoms with Crippen molar-refractivity contribution in [3.8, 4) is 0 Å². The SMILES string of the molecule is C[C@@H](C/C=C/C(O)CCCc1ccccc1)CCCC(C)(C)O. The van der Waals surface area contributed by atoms with E-state index >= 15 is 0 Å². The quantitative estimate of drug-likeness (QED) is 0.570. The number of rotatable bonds is 11. The molecule has 0 aliphatic rings. The van der Waals surface area contributed by atoms with E-state index in [-0.39, 0.29) is 6.10 Å². The summed E-state index contributed by atoms with van der Waals surface area (Å²) in [5.41, 5.74) is 0.786. The summed E-state index contributed by atoms with van der Waals surface area (Å²) in [4.78, 5) is 0. The first-order valence-corrected chi connectivity index (χ1v) is 8.98. The topological polar surface area (TPSA) is 40.5 Å². The van der Waals surface area contributed by atoms with Crippen LogP contribution in [0.4, 0.5) is 0 Å². The number of allylic oxidation sites excluding steroid dienone is 1. The third-order valence-corrected chi connectivity index (χ3v) is 4.19. The Morgan fingerprint density at radius 3 is 2.43 bits per heavy atom. The van der Waals surface area contributed by atoms with Crippen LogP contribution in [0.25, 0.3) is 0 Å². The first-order chi connectivity index (χ1) is 10.9. The highest BCUT2D eigenvalue weighted by molar-refractivity contribution is 5.14. The highest BCUT2D eigenvalue weighted by Gasteiger charge is 2.12. The molecule has 0 radical (unpaired) electrons. The van der Waals surface area contributed by atoms with E-state index in [2.05, 4.69) is 37.3 Å². The van der Waals surface area contributed by atoms with E-state index in [0.29, 0.717) is 5.92 Å². The zero-order valence-electron chi connectivity index (χ0n) is 15.0. The number of hydrogen-bond acceptors (Lipinski definition) is 2. The Balaban J connectivity index is 2.11. The lowest BCUT2D eigenvalue weighted by Crippen LogP contribution is -2.18. The number of aryl methyl sites for hydroxylation is 1. The normalized spacial score (nSPS) is 15.0. The lowest BCUT2D eigenvalue weighted by molar-refractivity contribution is 0.0670. The fourth-order valence-corrected chi connectivity index (χ4v) is 2.73. The summed E-state index contributed by atoms with van der Waals surface area (Å²) in [5.74, 6) is 0.602. The van der Waals surface area contributed by atoms with E-state index in [4.69, 9.17) is 0 Å². The van der Waals surface area contributed by atoms with Gasteiger partial charge in [0.25, 0.3) is 0 Å². The molecule has 1 unspecified atom stereocenters. The molecule has 0 bridgehead atoms. The predicted molar refractivity (Wildman–Crippen MR) is 98.5 cm³/mol. The molecule has 2 nitrogen and oxygen atoms in total. The van der Waals surface area contributed by atoms with Crippen LogP contribution in [0.1, 0.15) is 64.9 Å². The third kappa shape index (κ3) is 11.1. The Hall–Kier alpha value is -1.12. The molecule has 0 heterocycles. The molecule has 2 atom stereocenters. The van der Waals surface area contributed by atoms with E-state index in [1.54, 1.807) is 0 Å². The van der Waals surface area contributed by atoms with E-state index in [1.165, 1.54) is 5.56 Å². The Morgan fingerprint density at radius 2 is 1.78 bits per heavy atom. The fraction of sp³-hybridized carbons (Fsp3) is 0.619. The average Bonchev–Trinajstić information content (AvgIpc) is 2.47. The van der Waals surface area contributed by atoms with Gasteiger partial charge in [0.05, 0.1) is 11.7 Å². The molecule has 0 fully saturated rings. The summed E-state index contributed by atoms with van der Waals surface area (Å²) in [6.45, 7) is 5.96. The molecular formula is C21H34O2. The van der Waals surface area contributed by atoms with Gasteiger partial charge in [0.2, 0.25) is 0 Å². The molecule has 1 aromatic carbocycles. The third-order valence-electron chi connectivity index (χ3n) is 4.19. The van der Waals surface area contributed by atoms with E-state index < -0.39 is 5.60 Å². The van der Waals surface area contributed by atoms with Crippen LogP contribution >= 0.6 is 0 Å². The molecule has 0 aromatic heterocycles. The Bertz CT molecular complexity index is 431. The van der Waals surface area contributed by atoms with Crippen molar-refractivity contribution in [2.75, 3.05) is 0 Å². The molecule has 0 spiro atoms. The second-order valence-corrected chi connectivity index (χ2v) is 7.42. The van der Waals surface area contributed by atoms with E-state index in [0.717, 1.165) is 44.9 Å². The smallest absolute Gasteiger partial charge is 0.0721 e. The summed E-state index contributed by atoms with van der Waals surface area (Å²) in [6.07, 6.45) is 10.6. The van der Waals surface area contributed by atoms with Crippen LogP contribution in [0.5, 0.6) is 0 Å². The van der Waals surface area contributed by atoms with Crippen LogP contribution in [0.2, 0.25) is 0 Å². The van der Waals surface area contributed by atoms with Gasteiger partial charge in [-0.25, -0.2) is 0 Å². The molecule has 130 valence electrons. The zero-order valence-corrected chi connectivity index (χ0v) is 15.0. The Kier molecular flexibility index (Phi) is 9.20. The molecule has 1 aromatic rings. The van der Waals surface area contributed by atoms with Gasteiger partial charge < -0.3 is 10.2 Å². The predicted octanol–water partition coefficient (Wildman–Crippen LogP) is 4.89. The first kappa shape index (κ1) is 19.9. The van der Waals surface area contributed by atoms with E-state index in [9.17, 15) is 10.2 Å². The fourth-order valence-electron chi connectivity index (χ4n) is 2.73. The molecule has 0 aliphatic carbocycles. The van der Waals surface area contributed by atoms with Crippen molar-refractivity contribution in [3.05, 3.63) is 48.0 Å². The maximum absolute atomic E-state index is 10.0. The van der Waals surface area contributed by atoms with Crippen molar-refractivity contribution in [1.82, 2.24) is 0 Å². The number of hydrogen-bond donors (Lipinski definition) is 2. The van der Waals surface area contributed by atoms with Gasteiger partial charge in [0.1, 0.15) is 0 Å². The minimum absolute atomic E-state index is 0.331. The van der Waals surface area contributed by atoms with Crippen LogP contribution in [0.3, 0.4) is 0 Å². The van der Waals surface area contributed by atoms with E-state index in [1.807, 2.05) is 26.0 Å². The van der Waals surface area contributed by atoms with Crippen molar-refractivity contribution in [2.45, 2.75) is 77.4 Å².